The number of carbonyl (C=O) groups excluding carboxylic acids is 1. The molecule has 4 rings (SSSR count). The van der Waals surface area contributed by atoms with Crippen LogP contribution in [0.5, 0.6) is 17.2 Å². The van der Waals surface area contributed by atoms with Gasteiger partial charge in [0.05, 0.1) is 11.1 Å². The number of carbonyl (C=O) groups is 1. The number of halogens is 1. The Kier molecular flexibility index (Phi) is 4.05. The molecule has 2 heterocycles. The topological polar surface area (TPSA) is 80.7 Å². The molecule has 1 aromatic heterocycles. The van der Waals surface area contributed by atoms with E-state index in [0.29, 0.717) is 33.0 Å². The molecule has 0 bridgehead atoms. The summed E-state index contributed by atoms with van der Waals surface area (Å²) < 4.78 is 10.7. The average molecular weight is 371 g/mol. The van der Waals surface area contributed by atoms with Crippen molar-refractivity contribution in [3.63, 3.8) is 0 Å². The second-order valence-electron chi connectivity index (χ2n) is 5.94. The molecule has 2 N–H and O–H groups in total. The number of pyridine rings is 1. The Bertz CT molecular complexity index is 1020. The molecule has 0 unspecified atom stereocenters. The molecule has 1 amide bonds. The molecular formula is C19H15ClN2O4. The summed E-state index contributed by atoms with van der Waals surface area (Å²) in [5, 5.41) is 14.7. The second kappa shape index (κ2) is 6.38. The summed E-state index contributed by atoms with van der Waals surface area (Å²) >= 11 is 6.39. The summed E-state index contributed by atoms with van der Waals surface area (Å²) in [6.07, 6.45) is 1.58. The maximum Gasteiger partial charge on any atom is 0.231 e. The van der Waals surface area contributed by atoms with Gasteiger partial charge in [-0.2, -0.15) is 0 Å². The molecule has 6 nitrogen and oxygen atoms in total. The lowest BCUT2D eigenvalue weighted by molar-refractivity contribution is -0.119. The van der Waals surface area contributed by atoms with Crippen LogP contribution in [-0.4, -0.2) is 22.8 Å². The van der Waals surface area contributed by atoms with Crippen LogP contribution in [0.3, 0.4) is 0 Å². The maximum atomic E-state index is 11.8. The molecule has 26 heavy (non-hydrogen) atoms. The lowest BCUT2D eigenvalue weighted by Crippen LogP contribution is -2.27. The molecule has 0 saturated carbocycles. The molecule has 132 valence electrons. The number of hydrogen-bond acceptors (Lipinski definition) is 5. The molecule has 0 radical (unpaired) electrons. The van der Waals surface area contributed by atoms with E-state index in [1.54, 1.807) is 36.5 Å². The van der Waals surface area contributed by atoms with Gasteiger partial charge in [-0.15, -0.1) is 0 Å². The van der Waals surface area contributed by atoms with Gasteiger partial charge < -0.3 is 19.9 Å². The summed E-state index contributed by atoms with van der Waals surface area (Å²) in [6.45, 7) is 1.57. The normalized spacial score (nSPS) is 13.6. The van der Waals surface area contributed by atoms with Crippen LogP contribution in [0.25, 0.3) is 10.9 Å². The Morgan fingerprint density at radius 3 is 2.88 bits per heavy atom. The number of aromatic hydroxyl groups is 1. The first-order valence-electron chi connectivity index (χ1n) is 7.97. The summed E-state index contributed by atoms with van der Waals surface area (Å²) in [7, 11) is 0. The van der Waals surface area contributed by atoms with Crippen LogP contribution >= 0.6 is 11.6 Å². The number of aromatic nitrogens is 1. The molecular weight excluding hydrogens is 356 g/mol. The van der Waals surface area contributed by atoms with E-state index in [1.807, 2.05) is 6.07 Å². The molecule has 1 aliphatic heterocycles. The van der Waals surface area contributed by atoms with Gasteiger partial charge in [-0.1, -0.05) is 17.7 Å². The minimum absolute atomic E-state index is 0.0265. The standard InChI is InChI=1S/C19H15ClN2O4/c1-10(23)22-17(11-4-5-15-16(7-11)26-9-25-15)13-8-14(20)12-3-2-6-21-18(12)19(13)24/h2-8,17,24H,9H2,1H3,(H,22,23)/t17-/m1/s1. The minimum atomic E-state index is -0.620. The first kappa shape index (κ1) is 16.5. The van der Waals surface area contributed by atoms with E-state index in [-0.39, 0.29) is 18.4 Å². The number of rotatable bonds is 3. The summed E-state index contributed by atoms with van der Waals surface area (Å²) in [5.74, 6) is 0.950. The first-order valence-corrected chi connectivity index (χ1v) is 8.35. The van der Waals surface area contributed by atoms with Crippen LogP contribution in [0, 0.1) is 0 Å². The highest BCUT2D eigenvalue weighted by atomic mass is 35.5. The molecule has 0 fully saturated rings. The van der Waals surface area contributed by atoms with Crippen LogP contribution in [0.15, 0.2) is 42.6 Å². The van der Waals surface area contributed by atoms with E-state index >= 15 is 0 Å². The SMILES string of the molecule is CC(=O)N[C@H](c1ccc2c(c1)OCO2)c1cc(Cl)c2cccnc2c1O. The van der Waals surface area contributed by atoms with Gasteiger partial charge in [-0.3, -0.25) is 9.78 Å². The number of amides is 1. The second-order valence-corrected chi connectivity index (χ2v) is 6.35. The Hall–Kier alpha value is -2.99. The quantitative estimate of drug-likeness (QED) is 0.737. The number of phenolic OH excluding ortho intramolecular Hbond substituents is 1. The predicted molar refractivity (Wildman–Crippen MR) is 96.6 cm³/mol. The van der Waals surface area contributed by atoms with E-state index in [9.17, 15) is 9.90 Å². The lowest BCUT2D eigenvalue weighted by atomic mass is 9.95. The predicted octanol–water partition coefficient (Wildman–Crippen LogP) is 3.55. The van der Waals surface area contributed by atoms with Gasteiger partial charge >= 0.3 is 0 Å². The van der Waals surface area contributed by atoms with E-state index in [2.05, 4.69) is 10.3 Å². The number of benzene rings is 2. The van der Waals surface area contributed by atoms with Crippen molar-refractivity contribution in [1.82, 2.24) is 10.3 Å². The van der Waals surface area contributed by atoms with Gasteiger partial charge in [0, 0.05) is 24.1 Å². The van der Waals surface area contributed by atoms with Gasteiger partial charge in [-0.05, 0) is 35.9 Å². The van der Waals surface area contributed by atoms with E-state index < -0.39 is 6.04 Å². The molecule has 1 atom stereocenters. The smallest absolute Gasteiger partial charge is 0.231 e. The zero-order valence-corrected chi connectivity index (χ0v) is 14.6. The van der Waals surface area contributed by atoms with Gasteiger partial charge in [0.2, 0.25) is 12.7 Å². The fourth-order valence-electron chi connectivity index (χ4n) is 3.06. The summed E-state index contributed by atoms with van der Waals surface area (Å²) in [5.41, 5.74) is 1.56. The van der Waals surface area contributed by atoms with Crippen molar-refractivity contribution >= 4 is 28.4 Å². The fraction of sp³-hybridized carbons (Fsp3) is 0.158. The monoisotopic (exact) mass is 370 g/mol. The largest absolute Gasteiger partial charge is 0.505 e. The fourth-order valence-corrected chi connectivity index (χ4v) is 3.33. The molecule has 0 saturated heterocycles. The summed E-state index contributed by atoms with van der Waals surface area (Å²) in [4.78, 5) is 16.0. The Labute approximate surface area is 154 Å². The highest BCUT2D eigenvalue weighted by molar-refractivity contribution is 6.35. The zero-order chi connectivity index (χ0) is 18.3. The van der Waals surface area contributed by atoms with Crippen molar-refractivity contribution in [3.8, 4) is 17.2 Å². The third kappa shape index (κ3) is 2.78. The molecule has 0 aliphatic carbocycles. The Morgan fingerprint density at radius 2 is 2.08 bits per heavy atom. The van der Waals surface area contributed by atoms with Crippen LogP contribution < -0.4 is 14.8 Å². The Balaban J connectivity index is 1.89. The number of phenols is 1. The number of nitrogens with zero attached hydrogens (tertiary/aromatic N) is 1. The van der Waals surface area contributed by atoms with Crippen LogP contribution in [0.4, 0.5) is 0 Å². The minimum Gasteiger partial charge on any atom is -0.505 e. The highest BCUT2D eigenvalue weighted by Crippen LogP contribution is 2.41. The van der Waals surface area contributed by atoms with Gasteiger partial charge in [0.15, 0.2) is 11.5 Å². The van der Waals surface area contributed by atoms with E-state index in [1.165, 1.54) is 6.92 Å². The van der Waals surface area contributed by atoms with Crippen LogP contribution in [0.2, 0.25) is 5.02 Å². The van der Waals surface area contributed by atoms with Gasteiger partial charge in [-0.25, -0.2) is 0 Å². The van der Waals surface area contributed by atoms with Crippen molar-refractivity contribution in [1.29, 1.82) is 0 Å². The number of hydrogen-bond donors (Lipinski definition) is 2. The van der Waals surface area contributed by atoms with Crippen molar-refractivity contribution in [2.24, 2.45) is 0 Å². The van der Waals surface area contributed by atoms with Gasteiger partial charge in [0.1, 0.15) is 11.3 Å². The first-order chi connectivity index (χ1) is 12.5. The van der Waals surface area contributed by atoms with E-state index in [0.717, 1.165) is 5.56 Å². The van der Waals surface area contributed by atoms with Crippen molar-refractivity contribution in [3.05, 3.63) is 58.7 Å². The van der Waals surface area contributed by atoms with Crippen molar-refractivity contribution in [2.75, 3.05) is 6.79 Å². The lowest BCUT2D eigenvalue weighted by Gasteiger charge is -2.21. The third-order valence-electron chi connectivity index (χ3n) is 4.23. The molecule has 7 heteroatoms. The summed E-state index contributed by atoms with van der Waals surface area (Å²) in [6, 6.07) is 9.91. The number of nitrogens with one attached hydrogen (secondary N) is 1. The Morgan fingerprint density at radius 1 is 1.27 bits per heavy atom. The van der Waals surface area contributed by atoms with Crippen molar-refractivity contribution in [2.45, 2.75) is 13.0 Å². The molecule has 0 spiro atoms. The van der Waals surface area contributed by atoms with Crippen molar-refractivity contribution < 1.29 is 19.4 Å². The van der Waals surface area contributed by atoms with Crippen LogP contribution in [0.1, 0.15) is 24.1 Å². The molecule has 2 aromatic carbocycles. The number of ether oxygens (including phenoxy) is 2. The average Bonchev–Trinajstić information content (AvgIpc) is 3.10. The van der Waals surface area contributed by atoms with Gasteiger partial charge in [0.25, 0.3) is 0 Å². The zero-order valence-electron chi connectivity index (χ0n) is 13.8. The van der Waals surface area contributed by atoms with Crippen LogP contribution in [-0.2, 0) is 4.79 Å². The van der Waals surface area contributed by atoms with E-state index in [4.69, 9.17) is 21.1 Å². The number of fused-ring (bicyclic) bond motifs is 2. The molecule has 3 aromatic rings. The highest BCUT2D eigenvalue weighted by Gasteiger charge is 2.24. The maximum absolute atomic E-state index is 11.8. The molecule has 1 aliphatic rings. The third-order valence-corrected chi connectivity index (χ3v) is 4.55.